The molecule has 1 aromatic carbocycles. The molecule has 1 amide bonds. The van der Waals surface area contributed by atoms with Crippen LogP contribution in [0.3, 0.4) is 0 Å². The van der Waals surface area contributed by atoms with Crippen molar-refractivity contribution >= 4 is 28.3 Å². The van der Waals surface area contributed by atoms with Crippen LogP contribution >= 0.6 is 11.3 Å². The van der Waals surface area contributed by atoms with Gasteiger partial charge in [-0.15, -0.1) is 0 Å². The van der Waals surface area contributed by atoms with Gasteiger partial charge in [-0.05, 0) is 23.3 Å². The van der Waals surface area contributed by atoms with Crippen LogP contribution in [-0.2, 0) is 6.18 Å². The third kappa shape index (κ3) is 3.24. The standard InChI is InChI=1S/C18H14F3N3O3S/c19-18(20,21)13-4-2-1-3-12(13)15(25)23-6-10-8-24(9-11(10)7-23)17-22-5-14(28-17)16(26)27/h1-5H,6-9H2,(H,26,27)/p-1. The number of anilines is 1. The molecule has 1 aromatic heterocycles. The van der Waals surface area contributed by atoms with Gasteiger partial charge in [-0.25, -0.2) is 4.98 Å². The highest BCUT2D eigenvalue weighted by Crippen LogP contribution is 2.35. The fraction of sp³-hybridized carbons (Fsp3) is 0.278. The Balaban J connectivity index is 1.46. The van der Waals surface area contributed by atoms with Crippen LogP contribution in [0.2, 0.25) is 0 Å². The average molecular weight is 408 g/mol. The lowest BCUT2D eigenvalue weighted by atomic mass is 10.1. The molecule has 28 heavy (non-hydrogen) atoms. The summed E-state index contributed by atoms with van der Waals surface area (Å²) in [6, 6.07) is 4.77. The van der Waals surface area contributed by atoms with Crippen molar-refractivity contribution in [2.24, 2.45) is 0 Å². The van der Waals surface area contributed by atoms with Gasteiger partial charge in [0.05, 0.1) is 22.0 Å². The number of aromatic carboxylic acids is 1. The van der Waals surface area contributed by atoms with E-state index >= 15 is 0 Å². The number of rotatable bonds is 3. The van der Waals surface area contributed by atoms with Gasteiger partial charge in [-0.2, -0.15) is 13.2 Å². The number of hydrogen-bond acceptors (Lipinski definition) is 6. The Morgan fingerprint density at radius 2 is 1.71 bits per heavy atom. The van der Waals surface area contributed by atoms with Crippen LogP contribution in [0.15, 0.2) is 41.6 Å². The number of benzene rings is 1. The van der Waals surface area contributed by atoms with Crippen LogP contribution in [0.4, 0.5) is 18.3 Å². The zero-order chi connectivity index (χ0) is 20.1. The van der Waals surface area contributed by atoms with E-state index in [0.29, 0.717) is 18.2 Å². The van der Waals surface area contributed by atoms with Gasteiger partial charge in [0.2, 0.25) is 0 Å². The van der Waals surface area contributed by atoms with Crippen LogP contribution in [0.5, 0.6) is 0 Å². The summed E-state index contributed by atoms with van der Waals surface area (Å²) in [4.78, 5) is 31.0. The molecular weight excluding hydrogens is 395 g/mol. The first-order chi connectivity index (χ1) is 13.2. The minimum absolute atomic E-state index is 0.0302. The summed E-state index contributed by atoms with van der Waals surface area (Å²) in [5, 5.41) is 11.4. The Labute approximate surface area is 161 Å². The van der Waals surface area contributed by atoms with E-state index < -0.39 is 23.6 Å². The molecule has 2 aliphatic rings. The van der Waals surface area contributed by atoms with Crippen molar-refractivity contribution in [3.05, 3.63) is 57.6 Å². The summed E-state index contributed by atoms with van der Waals surface area (Å²) in [6.07, 6.45) is -3.36. The maximum absolute atomic E-state index is 13.2. The lowest BCUT2D eigenvalue weighted by Gasteiger charge is -2.23. The zero-order valence-corrected chi connectivity index (χ0v) is 15.1. The Morgan fingerprint density at radius 1 is 1.07 bits per heavy atom. The van der Waals surface area contributed by atoms with E-state index in [0.717, 1.165) is 28.5 Å². The topological polar surface area (TPSA) is 76.6 Å². The van der Waals surface area contributed by atoms with Crippen molar-refractivity contribution in [2.75, 3.05) is 31.1 Å². The highest BCUT2D eigenvalue weighted by molar-refractivity contribution is 7.17. The minimum Gasteiger partial charge on any atom is -0.544 e. The Bertz CT molecular complexity index is 981. The monoisotopic (exact) mass is 408 g/mol. The average Bonchev–Trinajstić information content (AvgIpc) is 3.34. The molecule has 0 fully saturated rings. The van der Waals surface area contributed by atoms with E-state index in [4.69, 9.17) is 0 Å². The summed E-state index contributed by atoms with van der Waals surface area (Å²) in [5.74, 6) is -1.94. The third-order valence-corrected chi connectivity index (χ3v) is 5.78. The maximum Gasteiger partial charge on any atom is 0.417 e. The Kier molecular flexibility index (Phi) is 4.37. The van der Waals surface area contributed by atoms with Crippen LogP contribution in [0, 0.1) is 0 Å². The molecule has 2 aliphatic heterocycles. The van der Waals surface area contributed by atoms with Crippen molar-refractivity contribution in [1.82, 2.24) is 9.88 Å². The number of thiazole rings is 1. The number of carbonyl (C=O) groups is 2. The molecule has 0 aliphatic carbocycles. The number of amides is 1. The second kappa shape index (κ2) is 6.62. The van der Waals surface area contributed by atoms with Crippen LogP contribution in [-0.4, -0.2) is 47.9 Å². The van der Waals surface area contributed by atoms with Crippen LogP contribution in [0.25, 0.3) is 0 Å². The van der Waals surface area contributed by atoms with Gasteiger partial charge in [0.25, 0.3) is 5.91 Å². The van der Waals surface area contributed by atoms with Crippen LogP contribution < -0.4 is 10.0 Å². The smallest absolute Gasteiger partial charge is 0.417 e. The van der Waals surface area contributed by atoms with E-state index in [1.54, 1.807) is 0 Å². The molecule has 3 heterocycles. The van der Waals surface area contributed by atoms with E-state index in [1.807, 2.05) is 4.90 Å². The number of hydrogen-bond donors (Lipinski definition) is 0. The SMILES string of the molecule is O=C([O-])c1cnc(N2CC3=C(CN(C(=O)c4ccccc4C(F)(F)F)C3)C2)s1. The Morgan fingerprint density at radius 3 is 2.29 bits per heavy atom. The summed E-state index contributed by atoms with van der Waals surface area (Å²) >= 11 is 1.01. The highest BCUT2D eigenvalue weighted by atomic mass is 32.1. The van der Waals surface area contributed by atoms with E-state index in [9.17, 15) is 27.9 Å². The van der Waals surface area contributed by atoms with Gasteiger partial charge in [0.15, 0.2) is 5.13 Å². The molecule has 6 nitrogen and oxygen atoms in total. The molecule has 0 saturated heterocycles. The van der Waals surface area contributed by atoms with Gasteiger partial charge in [0, 0.05) is 32.4 Å². The van der Waals surface area contributed by atoms with Crippen molar-refractivity contribution < 1.29 is 27.9 Å². The van der Waals surface area contributed by atoms with Gasteiger partial charge >= 0.3 is 6.18 Å². The number of aromatic nitrogens is 1. The molecule has 0 spiro atoms. The predicted octanol–water partition coefficient (Wildman–Crippen LogP) is 1.80. The maximum atomic E-state index is 13.2. The highest BCUT2D eigenvalue weighted by Gasteiger charge is 2.38. The van der Waals surface area contributed by atoms with Gasteiger partial charge < -0.3 is 19.7 Å². The molecule has 0 unspecified atom stereocenters. The lowest BCUT2D eigenvalue weighted by Crippen LogP contribution is -2.35. The number of halogens is 3. The number of alkyl halides is 3. The first-order valence-electron chi connectivity index (χ1n) is 8.31. The second-order valence-corrected chi connectivity index (χ2v) is 7.57. The number of nitrogens with zero attached hydrogens (tertiary/aromatic N) is 3. The molecule has 0 N–H and O–H groups in total. The molecule has 2 aromatic rings. The number of carboxylic acids is 1. The van der Waals surface area contributed by atoms with E-state index in [1.165, 1.54) is 29.3 Å². The number of carbonyl (C=O) groups excluding carboxylic acids is 2. The molecular formula is C18H13F3N3O3S-. The minimum atomic E-state index is -4.60. The summed E-state index contributed by atoms with van der Waals surface area (Å²) in [7, 11) is 0. The zero-order valence-electron chi connectivity index (χ0n) is 14.3. The third-order valence-electron chi connectivity index (χ3n) is 4.74. The summed E-state index contributed by atoms with van der Waals surface area (Å²) in [5.41, 5.74) is 0.601. The normalized spacial score (nSPS) is 16.7. The number of carboxylic acid groups (broad SMARTS) is 1. The van der Waals surface area contributed by atoms with Gasteiger partial charge in [-0.3, -0.25) is 4.79 Å². The largest absolute Gasteiger partial charge is 0.544 e. The molecule has 146 valence electrons. The quantitative estimate of drug-likeness (QED) is 0.724. The molecule has 4 rings (SSSR count). The van der Waals surface area contributed by atoms with Crippen molar-refractivity contribution in [2.45, 2.75) is 6.18 Å². The molecule has 0 radical (unpaired) electrons. The van der Waals surface area contributed by atoms with Crippen LogP contribution in [0.1, 0.15) is 25.6 Å². The second-order valence-electron chi connectivity index (χ2n) is 6.56. The summed E-state index contributed by atoms with van der Waals surface area (Å²) < 4.78 is 39.6. The van der Waals surface area contributed by atoms with E-state index in [2.05, 4.69) is 4.98 Å². The van der Waals surface area contributed by atoms with Gasteiger partial charge in [-0.1, -0.05) is 23.5 Å². The molecule has 0 saturated carbocycles. The molecule has 10 heteroatoms. The fourth-order valence-corrected chi connectivity index (χ4v) is 4.20. The molecule has 0 atom stereocenters. The first kappa shape index (κ1) is 18.5. The summed E-state index contributed by atoms with van der Waals surface area (Å²) in [6.45, 7) is 1.41. The van der Waals surface area contributed by atoms with Crippen molar-refractivity contribution in [3.63, 3.8) is 0 Å². The van der Waals surface area contributed by atoms with Crippen molar-refractivity contribution in [3.8, 4) is 0 Å². The predicted molar refractivity (Wildman–Crippen MR) is 93.0 cm³/mol. The molecule has 0 bridgehead atoms. The van der Waals surface area contributed by atoms with E-state index in [-0.39, 0.29) is 23.5 Å². The fourth-order valence-electron chi connectivity index (χ4n) is 3.45. The lowest BCUT2D eigenvalue weighted by molar-refractivity contribution is -0.254. The Hall–Kier alpha value is -2.88. The van der Waals surface area contributed by atoms with Gasteiger partial charge in [0.1, 0.15) is 0 Å². The first-order valence-corrected chi connectivity index (χ1v) is 9.13. The van der Waals surface area contributed by atoms with Crippen molar-refractivity contribution in [1.29, 1.82) is 0 Å².